The van der Waals surface area contributed by atoms with Crippen LogP contribution in [0.1, 0.15) is 45.3 Å². The van der Waals surface area contributed by atoms with Crippen molar-refractivity contribution in [3.05, 3.63) is 69.2 Å². The Morgan fingerprint density at radius 2 is 1.72 bits per heavy atom. The molecule has 5 nitrogen and oxygen atoms in total. The number of hydrogen-bond donors (Lipinski definition) is 1. The molecule has 0 aliphatic rings. The van der Waals surface area contributed by atoms with Gasteiger partial charge in [-0.05, 0) is 82.1 Å². The van der Waals surface area contributed by atoms with Gasteiger partial charge in [0.25, 0.3) is 5.91 Å². The van der Waals surface area contributed by atoms with E-state index >= 15 is 0 Å². The number of anilines is 1. The lowest BCUT2D eigenvalue weighted by atomic mass is 10.1. The van der Waals surface area contributed by atoms with Gasteiger partial charge in [0.15, 0.2) is 0 Å². The third-order valence-corrected chi connectivity index (χ3v) is 5.50. The molecule has 0 radical (unpaired) electrons. The molecule has 152 valence electrons. The van der Waals surface area contributed by atoms with E-state index in [0.29, 0.717) is 22.9 Å². The first kappa shape index (κ1) is 20.9. The van der Waals surface area contributed by atoms with Gasteiger partial charge in [0.2, 0.25) is 0 Å². The van der Waals surface area contributed by atoms with Gasteiger partial charge >= 0.3 is 0 Å². The molecular weight excluding hydrogens is 384 g/mol. The summed E-state index contributed by atoms with van der Waals surface area (Å²) in [4.78, 5) is 17.7. The Morgan fingerprint density at radius 1 is 1.03 bits per heavy atom. The minimum atomic E-state index is -0.171. The van der Waals surface area contributed by atoms with Crippen molar-refractivity contribution in [2.75, 3.05) is 5.32 Å². The Balaban J connectivity index is 1.62. The SMILES string of the molecule is Cc1ccc(OCc2nc(C)c(C(=O)Nc3ccc(OC(C)C)cc3)s2)cc1C. The van der Waals surface area contributed by atoms with Gasteiger partial charge in [-0.15, -0.1) is 11.3 Å². The normalized spacial score (nSPS) is 10.8. The molecule has 1 aromatic heterocycles. The van der Waals surface area contributed by atoms with Gasteiger partial charge in [0.1, 0.15) is 28.0 Å². The number of thiazole rings is 1. The van der Waals surface area contributed by atoms with E-state index in [-0.39, 0.29) is 12.0 Å². The molecule has 0 saturated carbocycles. The second kappa shape index (κ2) is 9.09. The summed E-state index contributed by atoms with van der Waals surface area (Å²) in [6, 6.07) is 13.3. The highest BCUT2D eigenvalue weighted by atomic mass is 32.1. The highest BCUT2D eigenvalue weighted by molar-refractivity contribution is 7.13. The van der Waals surface area contributed by atoms with Gasteiger partial charge in [-0.3, -0.25) is 4.79 Å². The fraction of sp³-hybridized carbons (Fsp3) is 0.304. The number of rotatable bonds is 7. The van der Waals surface area contributed by atoms with Crippen LogP contribution in [0, 0.1) is 20.8 Å². The van der Waals surface area contributed by atoms with E-state index in [0.717, 1.165) is 16.5 Å². The lowest BCUT2D eigenvalue weighted by Gasteiger charge is -2.10. The number of carbonyl (C=O) groups excluding carboxylic acids is 1. The molecule has 1 amide bonds. The van der Waals surface area contributed by atoms with Crippen LogP contribution in [0.4, 0.5) is 5.69 Å². The van der Waals surface area contributed by atoms with Crippen LogP contribution < -0.4 is 14.8 Å². The number of aryl methyl sites for hydroxylation is 3. The summed E-state index contributed by atoms with van der Waals surface area (Å²) in [6.45, 7) is 10.2. The van der Waals surface area contributed by atoms with Crippen molar-refractivity contribution >= 4 is 22.9 Å². The fourth-order valence-corrected chi connectivity index (χ4v) is 3.62. The molecule has 6 heteroatoms. The second-order valence-corrected chi connectivity index (χ2v) is 8.29. The van der Waals surface area contributed by atoms with Crippen LogP contribution in [0.25, 0.3) is 0 Å². The third kappa shape index (κ3) is 5.57. The maximum atomic E-state index is 12.7. The zero-order valence-electron chi connectivity index (χ0n) is 17.4. The van der Waals surface area contributed by atoms with Crippen LogP contribution in [0.15, 0.2) is 42.5 Å². The Kier molecular flexibility index (Phi) is 6.54. The molecule has 3 aromatic rings. The van der Waals surface area contributed by atoms with Crippen LogP contribution in [0.5, 0.6) is 11.5 Å². The Morgan fingerprint density at radius 3 is 2.38 bits per heavy atom. The van der Waals surface area contributed by atoms with E-state index in [1.54, 1.807) is 0 Å². The molecule has 0 saturated heterocycles. The van der Waals surface area contributed by atoms with Crippen molar-refractivity contribution < 1.29 is 14.3 Å². The second-order valence-electron chi connectivity index (χ2n) is 7.20. The molecule has 3 rings (SSSR count). The number of amides is 1. The van der Waals surface area contributed by atoms with E-state index in [2.05, 4.69) is 24.1 Å². The van der Waals surface area contributed by atoms with Crippen LogP contribution in [-0.2, 0) is 6.61 Å². The van der Waals surface area contributed by atoms with Gasteiger partial charge in [-0.1, -0.05) is 6.07 Å². The Labute approximate surface area is 175 Å². The zero-order chi connectivity index (χ0) is 21.0. The summed E-state index contributed by atoms with van der Waals surface area (Å²) in [7, 11) is 0. The fourth-order valence-electron chi connectivity index (χ4n) is 2.75. The monoisotopic (exact) mass is 410 g/mol. The number of aromatic nitrogens is 1. The van der Waals surface area contributed by atoms with E-state index in [1.807, 2.05) is 63.2 Å². The van der Waals surface area contributed by atoms with Gasteiger partial charge < -0.3 is 14.8 Å². The average molecular weight is 411 g/mol. The van der Waals surface area contributed by atoms with Crippen LogP contribution in [-0.4, -0.2) is 17.0 Å². The maximum absolute atomic E-state index is 12.7. The highest BCUT2D eigenvalue weighted by Crippen LogP contribution is 2.23. The summed E-state index contributed by atoms with van der Waals surface area (Å²) >= 11 is 1.35. The molecule has 0 spiro atoms. The minimum absolute atomic E-state index is 0.111. The molecule has 0 aliphatic heterocycles. The van der Waals surface area contributed by atoms with E-state index in [4.69, 9.17) is 9.47 Å². The van der Waals surface area contributed by atoms with Gasteiger partial charge in [-0.2, -0.15) is 0 Å². The molecule has 1 N–H and O–H groups in total. The van der Waals surface area contributed by atoms with Crippen LogP contribution in [0.3, 0.4) is 0 Å². The van der Waals surface area contributed by atoms with Gasteiger partial charge in [0.05, 0.1) is 11.8 Å². The predicted molar refractivity (Wildman–Crippen MR) is 117 cm³/mol. The number of ether oxygens (including phenoxy) is 2. The van der Waals surface area contributed by atoms with E-state index in [9.17, 15) is 4.79 Å². The van der Waals surface area contributed by atoms with Crippen molar-refractivity contribution in [1.29, 1.82) is 0 Å². The topological polar surface area (TPSA) is 60.5 Å². The van der Waals surface area contributed by atoms with Crippen molar-refractivity contribution in [2.24, 2.45) is 0 Å². The molecule has 0 fully saturated rings. The first-order chi connectivity index (χ1) is 13.8. The standard InChI is InChI=1S/C23H26N2O3S/c1-14(2)28-19-10-7-18(8-11-19)25-23(26)22-17(5)24-21(29-22)13-27-20-9-6-15(3)16(4)12-20/h6-12,14H,13H2,1-5H3,(H,25,26). The average Bonchev–Trinajstić information content (AvgIpc) is 3.05. The van der Waals surface area contributed by atoms with Crippen LogP contribution in [0.2, 0.25) is 0 Å². The molecule has 0 unspecified atom stereocenters. The molecule has 29 heavy (non-hydrogen) atoms. The lowest BCUT2D eigenvalue weighted by Crippen LogP contribution is -2.11. The van der Waals surface area contributed by atoms with Crippen LogP contribution >= 0.6 is 11.3 Å². The maximum Gasteiger partial charge on any atom is 0.267 e. The summed E-state index contributed by atoms with van der Waals surface area (Å²) < 4.78 is 11.5. The molecule has 0 bridgehead atoms. The molecule has 0 atom stereocenters. The number of hydrogen-bond acceptors (Lipinski definition) is 5. The molecule has 1 heterocycles. The number of benzene rings is 2. The first-order valence-corrected chi connectivity index (χ1v) is 10.4. The summed E-state index contributed by atoms with van der Waals surface area (Å²) in [5.74, 6) is 1.41. The van der Waals surface area contributed by atoms with Crippen molar-refractivity contribution in [3.63, 3.8) is 0 Å². The van der Waals surface area contributed by atoms with E-state index < -0.39 is 0 Å². The third-order valence-electron chi connectivity index (χ3n) is 4.37. The quantitative estimate of drug-likeness (QED) is 0.544. The number of nitrogens with zero attached hydrogens (tertiary/aromatic N) is 1. The number of carbonyl (C=O) groups is 1. The Bertz CT molecular complexity index is 994. The number of nitrogens with one attached hydrogen (secondary N) is 1. The first-order valence-electron chi connectivity index (χ1n) is 9.56. The largest absolute Gasteiger partial charge is 0.491 e. The molecule has 0 aliphatic carbocycles. The van der Waals surface area contributed by atoms with Crippen molar-refractivity contribution in [1.82, 2.24) is 4.98 Å². The van der Waals surface area contributed by atoms with Gasteiger partial charge in [0, 0.05) is 5.69 Å². The zero-order valence-corrected chi connectivity index (χ0v) is 18.2. The summed E-state index contributed by atoms with van der Waals surface area (Å²) in [5.41, 5.74) is 3.82. The minimum Gasteiger partial charge on any atom is -0.491 e. The van der Waals surface area contributed by atoms with Crippen molar-refractivity contribution in [3.8, 4) is 11.5 Å². The van der Waals surface area contributed by atoms with E-state index in [1.165, 1.54) is 22.5 Å². The Hall–Kier alpha value is -2.86. The van der Waals surface area contributed by atoms with Crippen molar-refractivity contribution in [2.45, 2.75) is 47.3 Å². The van der Waals surface area contributed by atoms with Gasteiger partial charge in [-0.25, -0.2) is 4.98 Å². The molecule has 2 aromatic carbocycles. The summed E-state index contributed by atoms with van der Waals surface area (Å²) in [5, 5.41) is 3.69. The predicted octanol–water partition coefficient (Wildman–Crippen LogP) is 5.69. The lowest BCUT2D eigenvalue weighted by molar-refractivity contribution is 0.102. The summed E-state index contributed by atoms with van der Waals surface area (Å²) in [6.07, 6.45) is 0.111. The highest BCUT2D eigenvalue weighted by Gasteiger charge is 2.16. The molecular formula is C23H26N2O3S. The smallest absolute Gasteiger partial charge is 0.267 e.